The first-order valence-electron chi connectivity index (χ1n) is 6.38. The van der Waals surface area contributed by atoms with E-state index in [1.165, 1.54) is 0 Å². The van der Waals surface area contributed by atoms with Crippen LogP contribution in [0.2, 0.25) is 0 Å². The monoisotopic (exact) mass is 298 g/mol. The molecule has 0 bridgehead atoms. The molecule has 0 aliphatic carbocycles. The molecule has 0 aromatic rings. The third-order valence-electron chi connectivity index (χ3n) is 2.37. The van der Waals surface area contributed by atoms with Crippen LogP contribution in [0.1, 0.15) is 0 Å². The summed E-state index contributed by atoms with van der Waals surface area (Å²) in [5, 5.41) is 18.4. The summed E-state index contributed by atoms with van der Waals surface area (Å²) in [6.07, 6.45) is -1.37. The van der Waals surface area contributed by atoms with Crippen LogP contribution in [0.5, 0.6) is 0 Å². The lowest BCUT2D eigenvalue weighted by atomic mass is 10.2. The van der Waals surface area contributed by atoms with Crippen molar-refractivity contribution in [1.82, 2.24) is 0 Å². The normalized spacial score (nSPS) is 14.4. The summed E-state index contributed by atoms with van der Waals surface area (Å²) in [6.45, 7) is 1.07. The molecule has 8 nitrogen and oxygen atoms in total. The van der Waals surface area contributed by atoms with Gasteiger partial charge in [0.25, 0.3) is 0 Å². The Labute approximate surface area is 119 Å². The number of hydrogen-bond donors (Lipinski definition) is 2. The van der Waals surface area contributed by atoms with Crippen molar-refractivity contribution < 1.29 is 38.6 Å². The first kappa shape index (κ1) is 19.7. The van der Waals surface area contributed by atoms with E-state index < -0.39 is 12.2 Å². The van der Waals surface area contributed by atoms with E-state index in [4.69, 9.17) is 28.4 Å². The molecule has 0 saturated heterocycles. The van der Waals surface area contributed by atoms with Crippen molar-refractivity contribution in [2.45, 2.75) is 12.2 Å². The third kappa shape index (κ3) is 10.5. The molecule has 2 atom stereocenters. The van der Waals surface area contributed by atoms with E-state index in [0.717, 1.165) is 0 Å². The molecule has 0 aromatic heterocycles. The average molecular weight is 298 g/mol. The molecule has 0 aliphatic rings. The van der Waals surface area contributed by atoms with E-state index in [9.17, 15) is 10.2 Å². The molecule has 0 unspecified atom stereocenters. The zero-order chi connectivity index (χ0) is 15.1. The maximum atomic E-state index is 9.21. The Kier molecular flexibility index (Phi) is 14.8. The van der Waals surface area contributed by atoms with Crippen molar-refractivity contribution in [3.8, 4) is 0 Å². The van der Waals surface area contributed by atoms with Gasteiger partial charge < -0.3 is 38.6 Å². The molecule has 122 valence electrons. The van der Waals surface area contributed by atoms with E-state index in [1.807, 2.05) is 0 Å². The Morgan fingerprint density at radius 2 is 1.10 bits per heavy atom. The Morgan fingerprint density at radius 3 is 1.40 bits per heavy atom. The van der Waals surface area contributed by atoms with Crippen molar-refractivity contribution in [1.29, 1.82) is 0 Å². The summed E-state index contributed by atoms with van der Waals surface area (Å²) >= 11 is 0. The number of aliphatic hydroxyl groups is 2. The first-order valence-corrected chi connectivity index (χ1v) is 6.38. The lowest BCUT2D eigenvalue weighted by Crippen LogP contribution is -2.38. The quantitative estimate of drug-likeness (QED) is 0.293. The third-order valence-corrected chi connectivity index (χ3v) is 2.37. The smallest absolute Gasteiger partial charge is 0.147 e. The summed E-state index contributed by atoms with van der Waals surface area (Å²) in [4.78, 5) is 0. The summed E-state index contributed by atoms with van der Waals surface area (Å²) in [7, 11) is 3.14. The van der Waals surface area contributed by atoms with Crippen LogP contribution >= 0.6 is 0 Å². The summed E-state index contributed by atoms with van der Waals surface area (Å²) in [6, 6.07) is 0. The minimum Gasteiger partial charge on any atom is -0.394 e. The van der Waals surface area contributed by atoms with Crippen molar-refractivity contribution >= 4 is 0 Å². The highest BCUT2D eigenvalue weighted by atomic mass is 16.7. The van der Waals surface area contributed by atoms with Crippen LogP contribution in [-0.2, 0) is 28.4 Å². The fourth-order valence-electron chi connectivity index (χ4n) is 1.23. The standard InChI is InChI=1S/C12H26O8/c1-15-3-5-17-9-19-11(7-13)12(8-14)20-10-18-6-4-16-2/h11-14H,3-10H2,1-2H3/t11-,12-/m0/s1. The highest BCUT2D eigenvalue weighted by Crippen LogP contribution is 2.04. The number of ether oxygens (including phenoxy) is 6. The van der Waals surface area contributed by atoms with Crippen LogP contribution in [-0.4, -0.2) is 89.9 Å². The Morgan fingerprint density at radius 1 is 0.700 bits per heavy atom. The molecule has 0 aromatic carbocycles. The topological polar surface area (TPSA) is 95.8 Å². The molecular formula is C12H26O8. The maximum Gasteiger partial charge on any atom is 0.147 e. The summed E-state index contributed by atoms with van der Waals surface area (Å²) in [5.74, 6) is 0. The van der Waals surface area contributed by atoms with Crippen molar-refractivity contribution in [2.24, 2.45) is 0 Å². The van der Waals surface area contributed by atoms with Gasteiger partial charge in [-0.3, -0.25) is 0 Å². The van der Waals surface area contributed by atoms with Crippen LogP contribution in [0.4, 0.5) is 0 Å². The van der Waals surface area contributed by atoms with E-state index >= 15 is 0 Å². The predicted octanol–water partition coefficient (Wildman–Crippen LogP) is -1.02. The summed E-state index contributed by atoms with van der Waals surface area (Å²) in [5.41, 5.74) is 0. The molecule has 0 spiro atoms. The van der Waals surface area contributed by atoms with Gasteiger partial charge in [0, 0.05) is 14.2 Å². The van der Waals surface area contributed by atoms with Gasteiger partial charge in [0.15, 0.2) is 0 Å². The minimum atomic E-state index is -0.687. The van der Waals surface area contributed by atoms with E-state index in [1.54, 1.807) is 14.2 Å². The van der Waals surface area contributed by atoms with Gasteiger partial charge in [0.2, 0.25) is 0 Å². The molecule has 0 saturated carbocycles. The Hall–Kier alpha value is -0.320. The molecule has 8 heteroatoms. The molecule has 0 aliphatic heterocycles. The lowest BCUT2D eigenvalue weighted by molar-refractivity contribution is -0.188. The molecule has 0 heterocycles. The fraction of sp³-hybridized carbons (Fsp3) is 1.00. The molecule has 2 N–H and O–H groups in total. The number of rotatable bonds is 15. The Balaban J connectivity index is 3.78. The van der Waals surface area contributed by atoms with Gasteiger partial charge in [-0.1, -0.05) is 0 Å². The largest absolute Gasteiger partial charge is 0.394 e. The van der Waals surface area contributed by atoms with Crippen molar-refractivity contribution in [3.63, 3.8) is 0 Å². The molecule has 0 amide bonds. The number of aliphatic hydroxyl groups excluding tert-OH is 2. The van der Waals surface area contributed by atoms with Crippen LogP contribution in [0, 0.1) is 0 Å². The van der Waals surface area contributed by atoms with Crippen LogP contribution in [0.3, 0.4) is 0 Å². The van der Waals surface area contributed by atoms with Gasteiger partial charge in [-0.05, 0) is 0 Å². The average Bonchev–Trinajstić information content (AvgIpc) is 2.48. The van der Waals surface area contributed by atoms with Crippen molar-refractivity contribution in [3.05, 3.63) is 0 Å². The van der Waals surface area contributed by atoms with E-state index in [-0.39, 0.29) is 26.8 Å². The molecule has 0 rings (SSSR count). The zero-order valence-corrected chi connectivity index (χ0v) is 12.2. The maximum absolute atomic E-state index is 9.21. The van der Waals surface area contributed by atoms with Gasteiger partial charge in [-0.2, -0.15) is 0 Å². The van der Waals surface area contributed by atoms with E-state index in [0.29, 0.717) is 26.4 Å². The van der Waals surface area contributed by atoms with Gasteiger partial charge >= 0.3 is 0 Å². The highest BCUT2D eigenvalue weighted by molar-refractivity contribution is 4.68. The molecule has 0 fully saturated rings. The second-order valence-electron chi connectivity index (χ2n) is 3.81. The Bertz CT molecular complexity index is 172. The van der Waals surface area contributed by atoms with Gasteiger partial charge in [0.05, 0.1) is 39.6 Å². The van der Waals surface area contributed by atoms with Crippen LogP contribution < -0.4 is 0 Å². The second kappa shape index (κ2) is 15.1. The van der Waals surface area contributed by atoms with Gasteiger partial charge in [0.1, 0.15) is 25.8 Å². The first-order chi connectivity index (χ1) is 9.79. The number of hydrogen-bond acceptors (Lipinski definition) is 8. The summed E-state index contributed by atoms with van der Waals surface area (Å²) < 4.78 is 30.4. The van der Waals surface area contributed by atoms with Gasteiger partial charge in [-0.15, -0.1) is 0 Å². The SMILES string of the molecule is COCCOCO[C@@H](CO)[C@H](CO)OCOCCOC. The van der Waals surface area contributed by atoms with Crippen LogP contribution in [0.15, 0.2) is 0 Å². The highest BCUT2D eigenvalue weighted by Gasteiger charge is 2.22. The molecule has 20 heavy (non-hydrogen) atoms. The second-order valence-corrected chi connectivity index (χ2v) is 3.81. The predicted molar refractivity (Wildman–Crippen MR) is 69.3 cm³/mol. The van der Waals surface area contributed by atoms with Crippen molar-refractivity contribution in [2.75, 3.05) is 67.4 Å². The minimum absolute atomic E-state index is 0.0149. The fourth-order valence-corrected chi connectivity index (χ4v) is 1.23. The van der Waals surface area contributed by atoms with E-state index in [2.05, 4.69) is 0 Å². The molecule has 0 radical (unpaired) electrons. The van der Waals surface area contributed by atoms with Gasteiger partial charge in [-0.25, -0.2) is 0 Å². The van der Waals surface area contributed by atoms with Crippen LogP contribution in [0.25, 0.3) is 0 Å². The zero-order valence-electron chi connectivity index (χ0n) is 12.2. The number of methoxy groups -OCH3 is 2. The molecular weight excluding hydrogens is 272 g/mol. The lowest BCUT2D eigenvalue weighted by Gasteiger charge is -2.24.